The number of carbonyl (C=O) groups excluding carboxylic acids is 2. The maximum absolute atomic E-state index is 13.7. The molecule has 1 aromatic heterocycles. The largest absolute Gasteiger partial charge is 0.448 e. The third-order valence-corrected chi connectivity index (χ3v) is 4.98. The number of halogens is 2. The first-order valence-corrected chi connectivity index (χ1v) is 9.57. The summed E-state index contributed by atoms with van der Waals surface area (Å²) in [5.41, 5.74) is 2.42. The van der Waals surface area contributed by atoms with E-state index in [0.29, 0.717) is 12.1 Å². The van der Waals surface area contributed by atoms with E-state index >= 15 is 0 Å². The average molecular weight is 411 g/mol. The zero-order valence-electron chi connectivity index (χ0n) is 16.2. The van der Waals surface area contributed by atoms with Crippen molar-refractivity contribution in [1.29, 1.82) is 0 Å². The van der Waals surface area contributed by atoms with Crippen LogP contribution < -0.4 is 5.32 Å². The summed E-state index contributed by atoms with van der Waals surface area (Å²) < 4.78 is 33.9. The van der Waals surface area contributed by atoms with E-state index in [0.717, 1.165) is 24.1 Å². The van der Waals surface area contributed by atoms with Gasteiger partial charge >= 0.3 is 5.97 Å². The van der Waals surface area contributed by atoms with Crippen molar-refractivity contribution in [2.45, 2.75) is 32.3 Å². The number of aromatic nitrogens is 2. The monoisotopic (exact) mass is 411 g/mol. The zero-order chi connectivity index (χ0) is 21.3. The van der Waals surface area contributed by atoms with Crippen LogP contribution in [-0.2, 0) is 22.4 Å². The Kier molecular flexibility index (Phi) is 5.31. The summed E-state index contributed by atoms with van der Waals surface area (Å²) in [7, 11) is 0. The van der Waals surface area contributed by atoms with Crippen LogP contribution in [-0.4, -0.2) is 27.8 Å². The molecular weight excluding hydrogens is 392 g/mol. The number of amides is 1. The Morgan fingerprint density at radius 2 is 1.83 bits per heavy atom. The van der Waals surface area contributed by atoms with Gasteiger partial charge in [0.1, 0.15) is 11.6 Å². The number of carbonyl (C=O) groups is 2. The fourth-order valence-corrected chi connectivity index (χ4v) is 3.46. The zero-order valence-corrected chi connectivity index (χ0v) is 16.2. The predicted molar refractivity (Wildman–Crippen MR) is 105 cm³/mol. The molecule has 2 aromatic carbocycles. The van der Waals surface area contributed by atoms with Crippen LogP contribution in [0.2, 0.25) is 0 Å². The van der Waals surface area contributed by atoms with Gasteiger partial charge in [0.25, 0.3) is 5.91 Å². The van der Waals surface area contributed by atoms with Gasteiger partial charge in [-0.15, -0.1) is 0 Å². The SMILES string of the molecule is CC(OC(=O)c1nn(-c2ccc(F)cc2)c2c1CCC2)C(=O)Nc1ccccc1F. The summed E-state index contributed by atoms with van der Waals surface area (Å²) in [5, 5.41) is 6.77. The molecule has 0 saturated carbocycles. The molecule has 8 heteroatoms. The lowest BCUT2D eigenvalue weighted by atomic mass is 10.2. The minimum absolute atomic E-state index is 0.00637. The van der Waals surface area contributed by atoms with Crippen molar-refractivity contribution in [1.82, 2.24) is 9.78 Å². The highest BCUT2D eigenvalue weighted by Gasteiger charge is 2.30. The molecular formula is C22H19F2N3O3. The summed E-state index contributed by atoms with van der Waals surface area (Å²) in [6, 6.07) is 11.5. The fourth-order valence-electron chi connectivity index (χ4n) is 3.46. The van der Waals surface area contributed by atoms with Crippen molar-refractivity contribution < 1.29 is 23.1 Å². The molecule has 1 unspecified atom stereocenters. The Balaban J connectivity index is 1.52. The van der Waals surface area contributed by atoms with E-state index in [1.807, 2.05) is 0 Å². The first kappa shape index (κ1) is 19.8. The standard InChI is InChI=1S/C22H19F2N3O3/c1-13(21(28)25-18-7-3-2-6-17(18)24)30-22(29)20-16-5-4-8-19(16)27(26-20)15-11-9-14(23)10-12-15/h2-3,6-7,9-13H,4-5,8H2,1H3,(H,25,28). The second kappa shape index (κ2) is 8.06. The van der Waals surface area contributed by atoms with Gasteiger partial charge in [0, 0.05) is 11.3 Å². The van der Waals surface area contributed by atoms with E-state index in [1.54, 1.807) is 22.9 Å². The summed E-state index contributed by atoms with van der Waals surface area (Å²) in [4.78, 5) is 25.0. The number of esters is 1. The van der Waals surface area contributed by atoms with Crippen LogP contribution in [0.4, 0.5) is 14.5 Å². The molecule has 6 nitrogen and oxygen atoms in total. The number of nitrogens with one attached hydrogen (secondary N) is 1. The third-order valence-electron chi connectivity index (χ3n) is 4.98. The molecule has 1 aliphatic carbocycles. The van der Waals surface area contributed by atoms with Crippen LogP contribution in [0.15, 0.2) is 48.5 Å². The number of nitrogens with zero attached hydrogens (tertiary/aromatic N) is 2. The van der Waals surface area contributed by atoms with Crippen LogP contribution in [0.3, 0.4) is 0 Å². The summed E-state index contributed by atoms with van der Waals surface area (Å²) >= 11 is 0. The minimum Gasteiger partial charge on any atom is -0.448 e. The van der Waals surface area contributed by atoms with E-state index in [1.165, 1.54) is 37.3 Å². The number of hydrogen-bond donors (Lipinski definition) is 1. The highest BCUT2D eigenvalue weighted by atomic mass is 19.1. The Hall–Kier alpha value is -3.55. The maximum atomic E-state index is 13.7. The van der Waals surface area contributed by atoms with E-state index in [4.69, 9.17) is 4.74 Å². The molecule has 1 atom stereocenters. The Morgan fingerprint density at radius 3 is 2.57 bits per heavy atom. The van der Waals surface area contributed by atoms with Gasteiger partial charge in [-0.05, 0) is 62.6 Å². The molecule has 4 rings (SSSR count). The third kappa shape index (κ3) is 3.80. The summed E-state index contributed by atoms with van der Waals surface area (Å²) in [6.07, 6.45) is 1.11. The van der Waals surface area contributed by atoms with Gasteiger partial charge < -0.3 is 10.1 Å². The lowest BCUT2D eigenvalue weighted by molar-refractivity contribution is -0.123. The van der Waals surface area contributed by atoms with Gasteiger partial charge in [-0.3, -0.25) is 4.79 Å². The van der Waals surface area contributed by atoms with Gasteiger partial charge in [-0.25, -0.2) is 18.3 Å². The van der Waals surface area contributed by atoms with Crippen LogP contribution in [0.5, 0.6) is 0 Å². The van der Waals surface area contributed by atoms with Crippen molar-refractivity contribution in [2.24, 2.45) is 0 Å². The number of anilines is 1. The molecule has 1 aliphatic rings. The first-order chi connectivity index (χ1) is 14.4. The quantitative estimate of drug-likeness (QED) is 0.648. The van der Waals surface area contributed by atoms with Gasteiger partial charge in [0.05, 0.1) is 11.4 Å². The van der Waals surface area contributed by atoms with Gasteiger partial charge in [0.2, 0.25) is 0 Å². The molecule has 0 aliphatic heterocycles. The van der Waals surface area contributed by atoms with Crippen molar-refractivity contribution in [2.75, 3.05) is 5.32 Å². The Morgan fingerprint density at radius 1 is 1.10 bits per heavy atom. The maximum Gasteiger partial charge on any atom is 0.359 e. The lowest BCUT2D eigenvalue weighted by Crippen LogP contribution is -2.30. The van der Waals surface area contributed by atoms with E-state index in [-0.39, 0.29) is 17.2 Å². The highest BCUT2D eigenvalue weighted by molar-refractivity contribution is 5.97. The predicted octanol–water partition coefficient (Wildman–Crippen LogP) is 3.82. The van der Waals surface area contributed by atoms with Crippen LogP contribution >= 0.6 is 0 Å². The smallest absolute Gasteiger partial charge is 0.359 e. The number of hydrogen-bond acceptors (Lipinski definition) is 4. The molecule has 0 bridgehead atoms. The molecule has 1 N–H and O–H groups in total. The van der Waals surface area contributed by atoms with Gasteiger partial charge in [-0.1, -0.05) is 12.1 Å². The van der Waals surface area contributed by atoms with E-state index in [9.17, 15) is 18.4 Å². The highest BCUT2D eigenvalue weighted by Crippen LogP contribution is 2.28. The van der Waals surface area contributed by atoms with E-state index in [2.05, 4.69) is 10.4 Å². The molecule has 3 aromatic rings. The Bertz CT molecular complexity index is 1110. The molecule has 0 spiro atoms. The number of ether oxygens (including phenoxy) is 1. The number of para-hydroxylation sites is 1. The van der Waals surface area contributed by atoms with Crippen LogP contribution in [0, 0.1) is 11.6 Å². The topological polar surface area (TPSA) is 73.2 Å². The fraction of sp³-hybridized carbons (Fsp3) is 0.227. The number of fused-ring (bicyclic) bond motifs is 1. The van der Waals surface area contributed by atoms with Crippen molar-refractivity contribution in [3.8, 4) is 5.69 Å². The Labute approximate surface area is 171 Å². The molecule has 1 amide bonds. The van der Waals surface area contributed by atoms with Gasteiger partial charge in [0.15, 0.2) is 11.8 Å². The normalized spacial score (nSPS) is 13.6. The lowest BCUT2D eigenvalue weighted by Gasteiger charge is -2.13. The minimum atomic E-state index is -1.15. The van der Waals surface area contributed by atoms with E-state index < -0.39 is 23.8 Å². The molecule has 1 heterocycles. The number of rotatable bonds is 5. The molecule has 0 fully saturated rings. The summed E-state index contributed by atoms with van der Waals surface area (Å²) in [6.45, 7) is 1.41. The van der Waals surface area contributed by atoms with Crippen LogP contribution in [0.25, 0.3) is 5.69 Å². The number of benzene rings is 2. The van der Waals surface area contributed by atoms with Crippen molar-refractivity contribution in [3.05, 3.63) is 77.1 Å². The van der Waals surface area contributed by atoms with Crippen molar-refractivity contribution in [3.63, 3.8) is 0 Å². The van der Waals surface area contributed by atoms with Crippen LogP contribution in [0.1, 0.15) is 35.1 Å². The summed E-state index contributed by atoms with van der Waals surface area (Å²) in [5.74, 6) is -2.33. The van der Waals surface area contributed by atoms with Crippen molar-refractivity contribution >= 4 is 17.6 Å². The molecule has 0 saturated heterocycles. The molecule has 154 valence electrons. The second-order valence-electron chi connectivity index (χ2n) is 7.03. The molecule has 0 radical (unpaired) electrons. The second-order valence-corrected chi connectivity index (χ2v) is 7.03. The molecule has 30 heavy (non-hydrogen) atoms. The first-order valence-electron chi connectivity index (χ1n) is 9.57. The average Bonchev–Trinajstić information content (AvgIpc) is 3.33. The van der Waals surface area contributed by atoms with Gasteiger partial charge in [-0.2, -0.15) is 5.10 Å².